The summed E-state index contributed by atoms with van der Waals surface area (Å²) in [6, 6.07) is 24.3. The maximum atomic E-state index is 13.7. The number of carbonyl (C=O) groups excluding carboxylic acids is 1. The van der Waals surface area contributed by atoms with E-state index >= 15 is 0 Å². The minimum atomic E-state index is -0.408. The lowest BCUT2D eigenvalue weighted by atomic mass is 10.1. The van der Waals surface area contributed by atoms with Crippen molar-refractivity contribution in [2.45, 2.75) is 20.3 Å². The van der Waals surface area contributed by atoms with Gasteiger partial charge < -0.3 is 9.80 Å². The first-order valence-corrected chi connectivity index (χ1v) is 13.1. The number of hydrogen-bond acceptors (Lipinski definition) is 5. The summed E-state index contributed by atoms with van der Waals surface area (Å²) in [5.41, 5.74) is 5.27. The van der Waals surface area contributed by atoms with Gasteiger partial charge in [0.15, 0.2) is 5.65 Å². The third-order valence-corrected chi connectivity index (χ3v) is 7.15. The van der Waals surface area contributed by atoms with Crippen molar-refractivity contribution in [2.24, 2.45) is 0 Å². The Hall–Kier alpha value is -4.59. The number of aryl methyl sites for hydroxylation is 2. The van der Waals surface area contributed by atoms with Crippen molar-refractivity contribution in [1.82, 2.24) is 24.6 Å². The second-order valence-electron chi connectivity index (χ2n) is 9.95. The predicted molar refractivity (Wildman–Crippen MR) is 150 cm³/mol. The molecule has 2 aromatic heterocycles. The number of halogens is 1. The van der Waals surface area contributed by atoms with E-state index in [0.29, 0.717) is 38.2 Å². The molecule has 0 spiro atoms. The van der Waals surface area contributed by atoms with Crippen LogP contribution >= 0.6 is 0 Å². The highest BCUT2D eigenvalue weighted by molar-refractivity contribution is 5.95. The molecule has 6 rings (SSSR count). The summed E-state index contributed by atoms with van der Waals surface area (Å²) in [6.07, 6.45) is 0.597. The van der Waals surface area contributed by atoms with Gasteiger partial charge in [0.2, 0.25) is 0 Å². The van der Waals surface area contributed by atoms with Gasteiger partial charge in [-0.2, -0.15) is 5.10 Å². The van der Waals surface area contributed by atoms with Crippen molar-refractivity contribution in [3.63, 3.8) is 0 Å². The number of carbonyl (C=O) groups is 1. The largest absolute Gasteiger partial charge is 0.352 e. The van der Waals surface area contributed by atoms with Crippen molar-refractivity contribution in [3.05, 3.63) is 113 Å². The van der Waals surface area contributed by atoms with E-state index in [1.807, 2.05) is 41.9 Å². The maximum absolute atomic E-state index is 13.7. The lowest BCUT2D eigenvalue weighted by molar-refractivity contribution is 0.0746. The Morgan fingerprint density at radius 2 is 1.62 bits per heavy atom. The molecule has 0 radical (unpaired) electrons. The number of piperazine rings is 1. The molecular weight excluding hydrogens is 491 g/mol. The van der Waals surface area contributed by atoms with Gasteiger partial charge in [-0.3, -0.25) is 4.79 Å². The van der Waals surface area contributed by atoms with Gasteiger partial charge in [0.05, 0.1) is 16.8 Å². The normalized spacial score (nSPS) is 13.7. The number of benzene rings is 3. The number of hydrogen-bond donors (Lipinski definition) is 0. The van der Waals surface area contributed by atoms with Gasteiger partial charge in [0.25, 0.3) is 5.91 Å². The third kappa shape index (κ3) is 4.97. The fourth-order valence-electron chi connectivity index (χ4n) is 5.08. The molecule has 1 saturated heterocycles. The number of aromatic nitrogens is 4. The van der Waals surface area contributed by atoms with E-state index in [9.17, 15) is 9.18 Å². The fourth-order valence-corrected chi connectivity index (χ4v) is 5.08. The molecule has 0 N–H and O–H groups in total. The number of amides is 1. The standard InChI is InChI=1S/C31H29FN6O/c1-21-11-13-23(14-12-21)19-27-33-29(28-22(2)35-38(30(28)34-27)26-9-4-3-5-10-26)36-15-17-37(18-16-36)31(39)24-7-6-8-25(32)20-24/h3-14,20H,15-19H2,1-2H3. The second kappa shape index (κ2) is 10.3. The zero-order chi connectivity index (χ0) is 26.9. The van der Waals surface area contributed by atoms with Crippen LogP contribution in [0.3, 0.4) is 0 Å². The predicted octanol–water partition coefficient (Wildman–Crippen LogP) is 5.12. The summed E-state index contributed by atoms with van der Waals surface area (Å²) < 4.78 is 15.6. The van der Waals surface area contributed by atoms with E-state index in [-0.39, 0.29) is 5.91 Å². The molecule has 3 aromatic carbocycles. The fraction of sp³-hybridized carbons (Fsp3) is 0.226. The van der Waals surface area contributed by atoms with Crippen molar-refractivity contribution in [1.29, 1.82) is 0 Å². The van der Waals surface area contributed by atoms with Gasteiger partial charge in [0.1, 0.15) is 17.5 Å². The summed E-state index contributed by atoms with van der Waals surface area (Å²) in [5, 5.41) is 5.77. The molecule has 0 atom stereocenters. The highest BCUT2D eigenvalue weighted by atomic mass is 19.1. The molecule has 8 heteroatoms. The Bertz CT molecular complexity index is 1640. The van der Waals surface area contributed by atoms with E-state index in [1.54, 1.807) is 17.0 Å². The third-order valence-electron chi connectivity index (χ3n) is 7.15. The van der Waals surface area contributed by atoms with E-state index in [0.717, 1.165) is 39.6 Å². The first kappa shape index (κ1) is 24.7. The zero-order valence-corrected chi connectivity index (χ0v) is 22.0. The molecule has 1 aliphatic heterocycles. The van der Waals surface area contributed by atoms with E-state index in [4.69, 9.17) is 15.1 Å². The van der Waals surface area contributed by atoms with Crippen LogP contribution in [0.1, 0.15) is 33.0 Å². The number of fused-ring (bicyclic) bond motifs is 1. The van der Waals surface area contributed by atoms with Crippen LogP contribution in [0.25, 0.3) is 16.7 Å². The van der Waals surface area contributed by atoms with Crippen LogP contribution in [0.4, 0.5) is 10.2 Å². The Morgan fingerprint density at radius 3 is 2.33 bits per heavy atom. The average molecular weight is 521 g/mol. The van der Waals surface area contributed by atoms with Crippen LogP contribution < -0.4 is 4.90 Å². The minimum Gasteiger partial charge on any atom is -0.352 e. The van der Waals surface area contributed by atoms with Gasteiger partial charge in [0, 0.05) is 38.2 Å². The molecule has 1 amide bonds. The molecule has 7 nitrogen and oxygen atoms in total. The summed E-state index contributed by atoms with van der Waals surface area (Å²) in [5.74, 6) is 0.987. The van der Waals surface area contributed by atoms with E-state index in [1.165, 1.54) is 17.7 Å². The second-order valence-corrected chi connectivity index (χ2v) is 9.95. The van der Waals surface area contributed by atoms with Crippen LogP contribution in [0.15, 0.2) is 78.9 Å². The first-order chi connectivity index (χ1) is 19.0. The minimum absolute atomic E-state index is 0.157. The molecule has 1 aliphatic rings. The molecule has 5 aromatic rings. The highest BCUT2D eigenvalue weighted by Crippen LogP contribution is 2.30. The zero-order valence-electron chi connectivity index (χ0n) is 22.0. The number of anilines is 1. The van der Waals surface area contributed by atoms with Gasteiger partial charge in [-0.1, -0.05) is 54.1 Å². The Morgan fingerprint density at radius 1 is 0.872 bits per heavy atom. The van der Waals surface area contributed by atoms with Gasteiger partial charge in [-0.15, -0.1) is 0 Å². The maximum Gasteiger partial charge on any atom is 0.254 e. The highest BCUT2D eigenvalue weighted by Gasteiger charge is 2.27. The molecule has 1 fully saturated rings. The Balaban J connectivity index is 1.36. The van der Waals surface area contributed by atoms with Crippen LogP contribution in [0.2, 0.25) is 0 Å². The van der Waals surface area contributed by atoms with Gasteiger partial charge in [-0.25, -0.2) is 19.0 Å². The first-order valence-electron chi connectivity index (χ1n) is 13.1. The number of rotatable bonds is 5. The van der Waals surface area contributed by atoms with Crippen LogP contribution in [-0.2, 0) is 6.42 Å². The van der Waals surface area contributed by atoms with Crippen molar-refractivity contribution >= 4 is 22.8 Å². The molecular formula is C31H29FN6O. The molecule has 0 saturated carbocycles. The summed E-state index contributed by atoms with van der Waals surface area (Å²) >= 11 is 0. The van der Waals surface area contributed by atoms with Crippen LogP contribution in [0.5, 0.6) is 0 Å². The van der Waals surface area contributed by atoms with Crippen molar-refractivity contribution in [2.75, 3.05) is 31.1 Å². The summed E-state index contributed by atoms with van der Waals surface area (Å²) in [4.78, 5) is 27.0. The lowest BCUT2D eigenvalue weighted by Gasteiger charge is -2.35. The van der Waals surface area contributed by atoms with Gasteiger partial charge in [-0.05, 0) is 49.7 Å². The van der Waals surface area contributed by atoms with Crippen LogP contribution in [0, 0.1) is 19.7 Å². The topological polar surface area (TPSA) is 67.2 Å². The molecule has 196 valence electrons. The van der Waals surface area contributed by atoms with E-state index < -0.39 is 5.82 Å². The number of para-hydroxylation sites is 1. The SMILES string of the molecule is Cc1ccc(Cc2nc(N3CCN(C(=O)c4cccc(F)c4)CC3)c3c(C)nn(-c4ccccc4)c3n2)cc1. The molecule has 0 bridgehead atoms. The molecule has 0 unspecified atom stereocenters. The van der Waals surface area contributed by atoms with Gasteiger partial charge >= 0.3 is 0 Å². The molecule has 0 aliphatic carbocycles. The Labute approximate surface area is 226 Å². The number of nitrogens with zero attached hydrogens (tertiary/aromatic N) is 6. The lowest BCUT2D eigenvalue weighted by Crippen LogP contribution is -2.49. The monoisotopic (exact) mass is 520 g/mol. The quantitative estimate of drug-likeness (QED) is 0.322. The Kier molecular flexibility index (Phi) is 6.52. The smallest absolute Gasteiger partial charge is 0.254 e. The van der Waals surface area contributed by atoms with E-state index in [2.05, 4.69) is 36.1 Å². The molecule has 3 heterocycles. The summed E-state index contributed by atoms with van der Waals surface area (Å²) in [7, 11) is 0. The summed E-state index contributed by atoms with van der Waals surface area (Å²) in [6.45, 7) is 6.29. The van der Waals surface area contributed by atoms with Crippen molar-refractivity contribution in [3.8, 4) is 5.69 Å². The average Bonchev–Trinajstić information content (AvgIpc) is 3.30. The van der Waals surface area contributed by atoms with Crippen LogP contribution in [-0.4, -0.2) is 56.7 Å². The molecule has 39 heavy (non-hydrogen) atoms. The van der Waals surface area contributed by atoms with Crippen molar-refractivity contribution < 1.29 is 9.18 Å².